The molecule has 0 unspecified atom stereocenters. The van der Waals surface area contributed by atoms with Gasteiger partial charge in [-0.2, -0.15) is 10.4 Å². The van der Waals surface area contributed by atoms with E-state index in [2.05, 4.69) is 16.2 Å². The molecule has 0 atom stereocenters. The zero-order valence-corrected chi connectivity index (χ0v) is 17.3. The van der Waals surface area contributed by atoms with Crippen molar-refractivity contribution in [1.29, 1.82) is 5.26 Å². The number of benzene rings is 2. The van der Waals surface area contributed by atoms with Gasteiger partial charge in [-0.1, -0.05) is 54.6 Å². The molecule has 0 aliphatic carbocycles. The summed E-state index contributed by atoms with van der Waals surface area (Å²) >= 11 is 0. The van der Waals surface area contributed by atoms with E-state index in [1.165, 1.54) is 0 Å². The molecule has 5 heteroatoms. The highest BCUT2D eigenvalue weighted by Gasteiger charge is 2.20. The van der Waals surface area contributed by atoms with Gasteiger partial charge in [0.1, 0.15) is 0 Å². The van der Waals surface area contributed by atoms with Gasteiger partial charge < -0.3 is 0 Å². The van der Waals surface area contributed by atoms with Crippen molar-refractivity contribution in [2.24, 2.45) is 0 Å². The first-order valence-corrected chi connectivity index (χ1v) is 9.84. The quantitative estimate of drug-likeness (QED) is 0.450. The van der Waals surface area contributed by atoms with Gasteiger partial charge in [0.15, 0.2) is 11.4 Å². The number of carbonyl (C=O) groups is 1. The van der Waals surface area contributed by atoms with E-state index in [0.29, 0.717) is 11.3 Å². The van der Waals surface area contributed by atoms with Gasteiger partial charge in [-0.25, -0.2) is 9.50 Å². The van der Waals surface area contributed by atoms with Gasteiger partial charge in [-0.3, -0.25) is 4.79 Å². The third kappa shape index (κ3) is 3.72. The van der Waals surface area contributed by atoms with E-state index in [1.807, 2.05) is 79.9 Å². The standard InChI is InChI=1S/C25H22N4O/c1-17-13-24-27-21(14-22(29(24)28-17)18-7-5-4-6-8-18)15-23(30)19-9-11-20(12-10-19)25(2,3)16-26/h4-14H,15H2,1-3H3. The van der Waals surface area contributed by atoms with Crippen molar-refractivity contribution in [3.8, 4) is 17.3 Å². The maximum atomic E-state index is 12.9. The second-order valence-corrected chi connectivity index (χ2v) is 7.97. The van der Waals surface area contributed by atoms with Crippen LogP contribution in [-0.2, 0) is 11.8 Å². The molecular formula is C25H22N4O. The van der Waals surface area contributed by atoms with Crippen LogP contribution in [0.1, 0.15) is 41.2 Å². The second kappa shape index (κ2) is 7.57. The summed E-state index contributed by atoms with van der Waals surface area (Å²) in [5, 5.41) is 13.8. The lowest BCUT2D eigenvalue weighted by Crippen LogP contribution is -2.14. The minimum absolute atomic E-state index is 0.0107. The van der Waals surface area contributed by atoms with Crippen LogP contribution in [-0.4, -0.2) is 20.4 Å². The largest absolute Gasteiger partial charge is 0.294 e. The zero-order valence-electron chi connectivity index (χ0n) is 17.3. The molecule has 4 rings (SSSR count). The maximum absolute atomic E-state index is 12.9. The fourth-order valence-electron chi connectivity index (χ4n) is 3.45. The predicted molar refractivity (Wildman–Crippen MR) is 116 cm³/mol. The van der Waals surface area contributed by atoms with Crippen LogP contribution in [0.25, 0.3) is 16.9 Å². The van der Waals surface area contributed by atoms with E-state index in [9.17, 15) is 10.1 Å². The summed E-state index contributed by atoms with van der Waals surface area (Å²) in [6.07, 6.45) is 0.196. The molecule has 4 aromatic rings. The Morgan fingerprint density at radius 1 is 1.07 bits per heavy atom. The number of carbonyl (C=O) groups excluding carboxylic acids is 1. The SMILES string of the molecule is Cc1cc2nc(CC(=O)c3ccc(C(C)(C)C#N)cc3)cc(-c3ccccc3)n2n1. The molecule has 2 heterocycles. The summed E-state index contributed by atoms with van der Waals surface area (Å²) in [6, 6.07) is 23.4. The number of rotatable bonds is 5. The monoisotopic (exact) mass is 394 g/mol. The van der Waals surface area contributed by atoms with E-state index >= 15 is 0 Å². The predicted octanol–water partition coefficient (Wildman–Crippen LogP) is 4.93. The van der Waals surface area contributed by atoms with Crippen LogP contribution in [0.4, 0.5) is 0 Å². The normalized spacial score (nSPS) is 11.4. The Bertz CT molecular complexity index is 1260. The lowest BCUT2D eigenvalue weighted by atomic mass is 9.85. The van der Waals surface area contributed by atoms with Crippen molar-refractivity contribution < 1.29 is 4.79 Å². The molecule has 0 saturated heterocycles. The number of nitriles is 1. The summed E-state index contributed by atoms with van der Waals surface area (Å²) in [6.45, 7) is 5.65. The Balaban J connectivity index is 1.67. The van der Waals surface area contributed by atoms with Crippen molar-refractivity contribution in [2.75, 3.05) is 0 Å². The second-order valence-electron chi connectivity index (χ2n) is 7.97. The van der Waals surface area contributed by atoms with Gasteiger partial charge in [0.2, 0.25) is 0 Å². The number of ketones is 1. The average Bonchev–Trinajstić information content (AvgIpc) is 3.14. The third-order valence-corrected chi connectivity index (χ3v) is 5.22. The van der Waals surface area contributed by atoms with Crippen LogP contribution in [0.15, 0.2) is 66.7 Å². The number of hydrogen-bond donors (Lipinski definition) is 0. The minimum atomic E-state index is -0.585. The lowest BCUT2D eigenvalue weighted by Gasteiger charge is -2.15. The van der Waals surface area contributed by atoms with Crippen LogP contribution >= 0.6 is 0 Å². The number of hydrogen-bond acceptors (Lipinski definition) is 4. The van der Waals surface area contributed by atoms with Crippen molar-refractivity contribution >= 4 is 11.4 Å². The molecule has 30 heavy (non-hydrogen) atoms. The van der Waals surface area contributed by atoms with Gasteiger partial charge in [0.25, 0.3) is 0 Å². The average molecular weight is 394 g/mol. The smallest absolute Gasteiger partial charge is 0.168 e. The number of aryl methyl sites for hydroxylation is 1. The molecule has 0 spiro atoms. The molecule has 2 aromatic heterocycles. The molecule has 148 valence electrons. The summed E-state index contributed by atoms with van der Waals surface area (Å²) < 4.78 is 1.82. The molecule has 0 N–H and O–H groups in total. The van der Waals surface area contributed by atoms with E-state index in [0.717, 1.165) is 28.2 Å². The molecule has 0 radical (unpaired) electrons. The third-order valence-electron chi connectivity index (χ3n) is 5.22. The highest BCUT2D eigenvalue weighted by atomic mass is 16.1. The van der Waals surface area contributed by atoms with E-state index in [1.54, 1.807) is 12.1 Å². The van der Waals surface area contributed by atoms with Crippen LogP contribution < -0.4 is 0 Å². The Morgan fingerprint density at radius 2 is 1.77 bits per heavy atom. The first-order valence-electron chi connectivity index (χ1n) is 9.84. The van der Waals surface area contributed by atoms with Gasteiger partial charge in [-0.15, -0.1) is 0 Å². The molecule has 5 nitrogen and oxygen atoms in total. The first kappa shape index (κ1) is 19.5. The van der Waals surface area contributed by atoms with Gasteiger partial charge in [0.05, 0.1) is 35.0 Å². The van der Waals surface area contributed by atoms with Gasteiger partial charge >= 0.3 is 0 Å². The summed E-state index contributed by atoms with van der Waals surface area (Å²) in [4.78, 5) is 17.6. The van der Waals surface area contributed by atoms with Crippen LogP contribution in [0, 0.1) is 18.3 Å². The molecule has 0 aliphatic heterocycles. The van der Waals surface area contributed by atoms with E-state index in [-0.39, 0.29) is 12.2 Å². The summed E-state index contributed by atoms with van der Waals surface area (Å²) in [5.41, 5.74) is 5.14. The van der Waals surface area contributed by atoms with Crippen molar-refractivity contribution in [3.63, 3.8) is 0 Å². The van der Waals surface area contributed by atoms with Crippen molar-refractivity contribution in [2.45, 2.75) is 32.6 Å². The molecule has 0 saturated carbocycles. The molecular weight excluding hydrogens is 372 g/mol. The highest BCUT2D eigenvalue weighted by molar-refractivity contribution is 5.97. The Morgan fingerprint density at radius 3 is 2.43 bits per heavy atom. The number of Topliss-reactive ketones (excluding diaryl/α,β-unsaturated/α-hetero) is 1. The Labute approximate surface area is 175 Å². The molecule has 0 bridgehead atoms. The minimum Gasteiger partial charge on any atom is -0.294 e. The van der Waals surface area contributed by atoms with Crippen molar-refractivity contribution in [1.82, 2.24) is 14.6 Å². The maximum Gasteiger partial charge on any atom is 0.168 e. The Kier molecular flexibility index (Phi) is 4.93. The summed E-state index contributed by atoms with van der Waals surface area (Å²) in [5.74, 6) is -0.0107. The van der Waals surface area contributed by atoms with Crippen LogP contribution in [0.3, 0.4) is 0 Å². The highest BCUT2D eigenvalue weighted by Crippen LogP contribution is 2.24. The summed E-state index contributed by atoms with van der Waals surface area (Å²) in [7, 11) is 0. The molecule has 0 amide bonds. The number of fused-ring (bicyclic) bond motifs is 1. The van der Waals surface area contributed by atoms with Crippen LogP contribution in [0.5, 0.6) is 0 Å². The lowest BCUT2D eigenvalue weighted by molar-refractivity contribution is 0.0992. The van der Waals surface area contributed by atoms with Gasteiger partial charge in [-0.05, 0) is 32.4 Å². The van der Waals surface area contributed by atoms with Crippen LogP contribution in [0.2, 0.25) is 0 Å². The molecule has 2 aromatic carbocycles. The molecule has 0 fully saturated rings. The molecule has 0 aliphatic rings. The first-order chi connectivity index (χ1) is 14.4. The Hall–Kier alpha value is -3.78. The number of nitrogens with zero attached hydrogens (tertiary/aromatic N) is 4. The van der Waals surface area contributed by atoms with E-state index in [4.69, 9.17) is 0 Å². The zero-order chi connectivity index (χ0) is 21.3. The fraction of sp³-hybridized carbons (Fsp3) is 0.200. The van der Waals surface area contributed by atoms with Gasteiger partial charge in [0, 0.05) is 17.2 Å². The topological polar surface area (TPSA) is 71.0 Å². The van der Waals surface area contributed by atoms with Crippen molar-refractivity contribution in [3.05, 3.63) is 89.2 Å². The number of aromatic nitrogens is 3. The fourth-order valence-corrected chi connectivity index (χ4v) is 3.45. The van der Waals surface area contributed by atoms with E-state index < -0.39 is 5.41 Å².